The molecule has 0 aromatic heterocycles. The van der Waals surface area contributed by atoms with E-state index in [1.165, 1.54) is 0 Å². The maximum atomic E-state index is 13.6. The summed E-state index contributed by atoms with van der Waals surface area (Å²) in [6, 6.07) is -8.65. The van der Waals surface area contributed by atoms with Crippen molar-refractivity contribution in [3.63, 3.8) is 0 Å². The summed E-state index contributed by atoms with van der Waals surface area (Å²) >= 11 is 0. The van der Waals surface area contributed by atoms with Gasteiger partial charge in [-0.3, -0.25) is 39.0 Å². The van der Waals surface area contributed by atoms with Crippen LogP contribution in [0.25, 0.3) is 0 Å². The molecule has 0 saturated heterocycles. The van der Waals surface area contributed by atoms with Gasteiger partial charge in [0.05, 0.1) is 19.1 Å². The van der Waals surface area contributed by atoms with Crippen LogP contribution in [-0.2, 0) is 38.4 Å². The van der Waals surface area contributed by atoms with Crippen molar-refractivity contribution in [3.8, 4) is 0 Å². The minimum Gasteiger partial charge on any atom is -0.481 e. The second-order valence-corrected chi connectivity index (χ2v) is 12.8. The minimum atomic E-state index is -1.86. The third-order valence-corrected chi connectivity index (χ3v) is 7.15. The zero-order valence-corrected chi connectivity index (χ0v) is 29.3. The molecule has 51 heavy (non-hydrogen) atoms. The van der Waals surface area contributed by atoms with Crippen LogP contribution in [-0.4, -0.2) is 118 Å². The summed E-state index contributed by atoms with van der Waals surface area (Å²) in [7, 11) is 0. The van der Waals surface area contributed by atoms with Gasteiger partial charge >= 0.3 is 11.9 Å². The Morgan fingerprint density at radius 3 is 1.51 bits per heavy atom. The monoisotopic (exact) mass is 730 g/mol. The van der Waals surface area contributed by atoms with Crippen molar-refractivity contribution < 1.29 is 53.7 Å². The van der Waals surface area contributed by atoms with Crippen LogP contribution in [0.15, 0.2) is 0 Å². The van der Waals surface area contributed by atoms with Crippen LogP contribution < -0.4 is 49.1 Å². The lowest BCUT2D eigenvalue weighted by molar-refractivity contribution is -0.144. The van der Waals surface area contributed by atoms with E-state index >= 15 is 0 Å². The van der Waals surface area contributed by atoms with Crippen molar-refractivity contribution in [1.29, 1.82) is 5.41 Å². The maximum absolute atomic E-state index is 13.6. The fourth-order valence-corrected chi connectivity index (χ4v) is 4.57. The molecular formula is C30H54N10O11. The molecular weight excluding hydrogens is 676 g/mol. The van der Waals surface area contributed by atoms with E-state index in [0.29, 0.717) is 13.0 Å². The average molecular weight is 731 g/mol. The number of guanidine groups is 1. The molecule has 0 fully saturated rings. The lowest BCUT2D eigenvalue weighted by Gasteiger charge is -2.28. The molecule has 0 radical (unpaired) electrons. The largest absolute Gasteiger partial charge is 0.481 e. The highest BCUT2D eigenvalue weighted by atomic mass is 16.4. The van der Waals surface area contributed by atoms with Gasteiger partial charge in [-0.1, -0.05) is 27.7 Å². The molecule has 0 rings (SSSR count). The summed E-state index contributed by atoms with van der Waals surface area (Å²) in [5.41, 5.74) is 16.5. The third-order valence-electron chi connectivity index (χ3n) is 7.15. The standard InChI is InChI=1S/C30H54N10O11/c1-14(2)10-18(37-24(45)16(31)6-5-9-35-30(33)34)27(48)38-19(11-15(3)4)26(47)36-17(7-8-22(32)42)25(46)39-20(12-23(43)44)28(49)40-21(13-41)29(50)51/h14-21,41H,5-13,31H2,1-4H3,(H2,32,42)(H,36,47)(H,37,45)(H,38,48)(H,39,46)(H,40,49)(H,43,44)(H,50,51)(H4,33,34,35)/t16-,17-,18-,19-,20-,21-/m0/s1. The number of aliphatic hydroxyl groups is 1. The molecule has 290 valence electrons. The van der Waals surface area contributed by atoms with E-state index in [1.54, 1.807) is 13.8 Å². The first-order valence-electron chi connectivity index (χ1n) is 16.4. The van der Waals surface area contributed by atoms with E-state index < -0.39 is 110 Å². The molecule has 0 aromatic carbocycles. The maximum Gasteiger partial charge on any atom is 0.328 e. The van der Waals surface area contributed by atoms with Gasteiger partial charge in [0.2, 0.25) is 35.4 Å². The number of hydrogen-bond acceptors (Lipinski definition) is 11. The van der Waals surface area contributed by atoms with E-state index in [9.17, 15) is 48.6 Å². The smallest absolute Gasteiger partial charge is 0.328 e. The molecule has 0 aromatic rings. The summed E-state index contributed by atoms with van der Waals surface area (Å²) in [5.74, 6) is -9.19. The Morgan fingerprint density at radius 1 is 0.647 bits per heavy atom. The molecule has 21 heteroatoms. The van der Waals surface area contributed by atoms with Gasteiger partial charge in [0.25, 0.3) is 0 Å². The number of carbonyl (C=O) groups is 8. The van der Waals surface area contributed by atoms with Gasteiger partial charge in [0, 0.05) is 13.0 Å². The van der Waals surface area contributed by atoms with Crippen LogP contribution >= 0.6 is 0 Å². The first-order chi connectivity index (χ1) is 23.7. The Morgan fingerprint density at radius 2 is 1.08 bits per heavy atom. The minimum absolute atomic E-state index is 0.0501. The number of carboxylic acid groups (broad SMARTS) is 2. The van der Waals surface area contributed by atoms with Crippen molar-refractivity contribution in [1.82, 2.24) is 31.9 Å². The van der Waals surface area contributed by atoms with Crippen molar-refractivity contribution in [2.75, 3.05) is 13.2 Å². The number of carbonyl (C=O) groups excluding carboxylic acids is 6. The van der Waals surface area contributed by atoms with E-state index in [1.807, 2.05) is 19.2 Å². The number of nitrogens with one attached hydrogen (secondary N) is 7. The number of primary amides is 1. The van der Waals surface area contributed by atoms with Crippen molar-refractivity contribution in [2.45, 2.75) is 109 Å². The lowest BCUT2D eigenvalue weighted by atomic mass is 9.99. The predicted molar refractivity (Wildman–Crippen MR) is 181 cm³/mol. The van der Waals surface area contributed by atoms with Gasteiger partial charge in [-0.15, -0.1) is 0 Å². The van der Waals surface area contributed by atoms with E-state index in [-0.39, 0.29) is 37.1 Å². The molecule has 0 aliphatic carbocycles. The molecule has 6 atom stereocenters. The van der Waals surface area contributed by atoms with Crippen LogP contribution in [0.3, 0.4) is 0 Å². The van der Waals surface area contributed by atoms with E-state index in [0.717, 1.165) is 0 Å². The summed E-state index contributed by atoms with van der Waals surface area (Å²) in [5, 5.41) is 49.0. The number of rotatable bonds is 25. The van der Waals surface area contributed by atoms with Gasteiger partial charge in [0.15, 0.2) is 5.96 Å². The summed E-state index contributed by atoms with van der Waals surface area (Å²) in [6.45, 7) is 6.39. The fourth-order valence-electron chi connectivity index (χ4n) is 4.57. The number of amides is 6. The Balaban J connectivity index is 6.09. The summed E-state index contributed by atoms with van der Waals surface area (Å²) < 4.78 is 0. The highest BCUT2D eigenvalue weighted by Crippen LogP contribution is 2.11. The SMILES string of the molecule is CC(C)C[C@H](NC(=O)[C@H](CC(C)C)NC(=O)[C@@H](N)CCCNC(=N)N)C(=O)N[C@@H](CCC(N)=O)C(=O)N[C@@H](CC(=O)O)C(=O)N[C@@H](CO)C(=O)O. The number of carboxylic acids is 2. The average Bonchev–Trinajstić information content (AvgIpc) is 3.01. The molecule has 0 spiro atoms. The van der Waals surface area contributed by atoms with Crippen LogP contribution in [0.5, 0.6) is 0 Å². The molecule has 0 aliphatic heterocycles. The van der Waals surface area contributed by atoms with Gasteiger partial charge in [0.1, 0.15) is 30.2 Å². The Kier molecular flexibility index (Phi) is 21.1. The molecule has 0 unspecified atom stereocenters. The number of aliphatic hydroxyl groups excluding tert-OH is 1. The summed E-state index contributed by atoms with van der Waals surface area (Å²) in [4.78, 5) is 100. The molecule has 0 bridgehead atoms. The van der Waals surface area contributed by atoms with Gasteiger partial charge in [-0.25, -0.2) is 4.79 Å². The second-order valence-electron chi connectivity index (χ2n) is 12.8. The van der Waals surface area contributed by atoms with Crippen molar-refractivity contribution >= 4 is 53.3 Å². The first kappa shape index (κ1) is 45.9. The van der Waals surface area contributed by atoms with E-state index in [4.69, 9.17) is 27.7 Å². The highest BCUT2D eigenvalue weighted by molar-refractivity contribution is 5.97. The number of hydrogen-bond donors (Lipinski definition) is 13. The number of nitrogens with two attached hydrogens (primary N) is 3. The Hall–Kier alpha value is -5.05. The highest BCUT2D eigenvalue weighted by Gasteiger charge is 2.34. The Labute approximate surface area is 295 Å². The first-order valence-corrected chi connectivity index (χ1v) is 16.4. The Bertz CT molecular complexity index is 1250. The van der Waals surface area contributed by atoms with Gasteiger partial charge < -0.3 is 64.4 Å². The van der Waals surface area contributed by atoms with Crippen LogP contribution in [0, 0.1) is 17.2 Å². The fraction of sp³-hybridized carbons (Fsp3) is 0.700. The normalized spacial score (nSPS) is 14.5. The number of aliphatic carboxylic acids is 2. The third kappa shape index (κ3) is 19.7. The van der Waals surface area contributed by atoms with Crippen molar-refractivity contribution in [3.05, 3.63) is 0 Å². The molecule has 6 amide bonds. The molecule has 16 N–H and O–H groups in total. The molecule has 21 nitrogen and oxygen atoms in total. The van der Waals surface area contributed by atoms with Crippen LogP contribution in [0.1, 0.15) is 72.6 Å². The van der Waals surface area contributed by atoms with E-state index in [2.05, 4.69) is 26.6 Å². The topological polar surface area (TPSA) is 371 Å². The lowest BCUT2D eigenvalue weighted by Crippen LogP contribution is -2.60. The second kappa shape index (κ2) is 23.4. The van der Waals surface area contributed by atoms with Crippen molar-refractivity contribution in [2.24, 2.45) is 29.0 Å². The zero-order valence-electron chi connectivity index (χ0n) is 29.3. The van der Waals surface area contributed by atoms with Crippen LogP contribution in [0.4, 0.5) is 0 Å². The summed E-state index contributed by atoms with van der Waals surface area (Å²) in [6.07, 6.45) is -1.02. The predicted octanol–water partition coefficient (Wildman–Crippen LogP) is -4.09. The molecule has 0 heterocycles. The molecule has 0 saturated carbocycles. The van der Waals surface area contributed by atoms with Gasteiger partial charge in [-0.2, -0.15) is 0 Å². The van der Waals surface area contributed by atoms with Gasteiger partial charge in [-0.05, 0) is 43.9 Å². The zero-order chi connectivity index (χ0) is 39.4. The molecule has 0 aliphatic rings. The quantitative estimate of drug-likeness (QED) is 0.0241. The van der Waals surface area contributed by atoms with Crippen LogP contribution in [0.2, 0.25) is 0 Å².